The maximum Gasteiger partial charge on any atom is 0.471 e. The summed E-state index contributed by atoms with van der Waals surface area (Å²) in [6.45, 7) is 4.75. The lowest BCUT2D eigenvalue weighted by Crippen LogP contribution is -2.35. The van der Waals surface area contributed by atoms with Crippen molar-refractivity contribution >= 4 is 53.7 Å². The van der Waals surface area contributed by atoms with Gasteiger partial charge >= 0.3 is 7.82 Å². The minimum absolute atomic E-state index is 0.0304. The quantitative estimate of drug-likeness (QED) is 0.0834. The van der Waals surface area contributed by atoms with Gasteiger partial charge in [-0.1, -0.05) is 18.5 Å². The summed E-state index contributed by atoms with van der Waals surface area (Å²) in [4.78, 5) is 49.3. The summed E-state index contributed by atoms with van der Waals surface area (Å²) in [7, 11) is -3.09. The minimum Gasteiger partial charge on any atom is -0.493 e. The van der Waals surface area contributed by atoms with Crippen LogP contribution in [0.3, 0.4) is 0 Å². The highest BCUT2D eigenvalue weighted by atomic mass is 35.5. The number of hydrogen-bond donors (Lipinski definition) is 4. The van der Waals surface area contributed by atoms with E-state index in [9.17, 15) is 13.8 Å². The number of anilines is 3. The third kappa shape index (κ3) is 8.78. The second kappa shape index (κ2) is 14.7. The van der Waals surface area contributed by atoms with Crippen LogP contribution in [0.4, 0.5) is 21.8 Å². The molecule has 0 bridgehead atoms. The second-order valence-electron chi connectivity index (χ2n) is 9.27. The van der Waals surface area contributed by atoms with E-state index in [4.69, 9.17) is 35.4 Å². The predicted octanol–water partition coefficient (Wildman–Crippen LogP) is 4.76. The third-order valence-electron chi connectivity index (χ3n) is 6.30. The Bertz CT molecular complexity index is 1660. The number of methoxy groups -OCH3 is 1. The van der Waals surface area contributed by atoms with Gasteiger partial charge in [0.05, 0.1) is 42.3 Å². The predicted molar refractivity (Wildman–Crippen MR) is 161 cm³/mol. The van der Waals surface area contributed by atoms with Gasteiger partial charge in [0.25, 0.3) is 5.91 Å². The van der Waals surface area contributed by atoms with E-state index in [2.05, 4.69) is 30.6 Å². The first-order valence-electron chi connectivity index (χ1n) is 13.3. The van der Waals surface area contributed by atoms with Gasteiger partial charge in [-0.2, -0.15) is 0 Å². The highest BCUT2D eigenvalue weighted by Gasteiger charge is 2.23. The molecule has 2 aromatic carbocycles. The molecule has 4 aromatic rings. The minimum atomic E-state index is -4.60. The summed E-state index contributed by atoms with van der Waals surface area (Å²) in [5.41, 5.74) is 1.20. The van der Waals surface area contributed by atoms with E-state index in [1.165, 1.54) is 38.0 Å². The molecule has 0 fully saturated rings. The topological polar surface area (TPSA) is 181 Å². The van der Waals surface area contributed by atoms with Crippen molar-refractivity contribution in [3.63, 3.8) is 0 Å². The van der Waals surface area contributed by atoms with Crippen LogP contribution < -0.4 is 20.1 Å². The van der Waals surface area contributed by atoms with Crippen LogP contribution in [-0.4, -0.2) is 73.6 Å². The number of carbonyl (C=O) groups is 1. The number of hydrogen-bond acceptors (Lipinski definition) is 11. The lowest BCUT2D eigenvalue weighted by Gasteiger charge is -2.27. The molecule has 2 aromatic heterocycles. The van der Waals surface area contributed by atoms with Gasteiger partial charge in [0, 0.05) is 23.6 Å². The largest absolute Gasteiger partial charge is 0.493 e. The molecule has 17 heteroatoms. The summed E-state index contributed by atoms with van der Waals surface area (Å²) in [5.74, 6) is 0.190. The van der Waals surface area contributed by atoms with Crippen LogP contribution >= 0.6 is 19.4 Å². The summed E-state index contributed by atoms with van der Waals surface area (Å²) < 4.78 is 40.8. The van der Waals surface area contributed by atoms with Crippen molar-refractivity contribution in [2.75, 3.05) is 37.4 Å². The first kappa shape index (κ1) is 32.9. The van der Waals surface area contributed by atoms with Crippen LogP contribution in [0.5, 0.6) is 11.5 Å². The summed E-state index contributed by atoms with van der Waals surface area (Å²) in [6.07, 6.45) is 4.07. The van der Waals surface area contributed by atoms with E-state index >= 15 is 0 Å². The normalized spacial score (nSPS) is 12.3. The number of nitrogens with zero attached hydrogens (tertiary/aromatic N) is 5. The van der Waals surface area contributed by atoms with Gasteiger partial charge in [0.2, 0.25) is 5.95 Å². The Morgan fingerprint density at radius 1 is 1.14 bits per heavy atom. The van der Waals surface area contributed by atoms with E-state index in [-0.39, 0.29) is 16.5 Å². The Labute approximate surface area is 256 Å². The summed E-state index contributed by atoms with van der Waals surface area (Å²) in [6, 6.07) is 7.05. The average Bonchev–Trinajstić information content (AvgIpc) is 2.98. The molecule has 14 nitrogen and oxygen atoms in total. The van der Waals surface area contributed by atoms with E-state index in [0.29, 0.717) is 60.0 Å². The molecule has 0 radical (unpaired) electrons. The van der Waals surface area contributed by atoms with Crippen molar-refractivity contribution in [1.29, 1.82) is 0 Å². The Morgan fingerprint density at radius 2 is 1.89 bits per heavy atom. The molecule has 1 atom stereocenters. The standard InChI is InChI=1S/C27H30ClFN7O7P/c1-4-36(16(2)43-44(38,39)40)8-5-9-42-24-12-22-19(11-23(24)41-3)25(33-15-32-22)34-18-13-30-27(31-14-18)35-26(37)17-6-7-21(29)20(28)10-17/h6-7,10-16H,4-5,8-9H2,1-3H3,(H,32,33,34)(H2,38,39,40)(H,30,31,35,37). The maximum absolute atomic E-state index is 13.4. The number of phosphoric acid groups is 1. The molecule has 1 unspecified atom stereocenters. The fourth-order valence-corrected chi connectivity index (χ4v) is 4.86. The van der Waals surface area contributed by atoms with Gasteiger partial charge in [-0.05, 0) is 44.2 Å². The molecule has 0 saturated heterocycles. The van der Waals surface area contributed by atoms with Gasteiger partial charge in [-0.15, -0.1) is 0 Å². The molecule has 234 valence electrons. The number of carbonyl (C=O) groups excluding carboxylic acids is 1. The zero-order chi connectivity index (χ0) is 31.9. The third-order valence-corrected chi connectivity index (χ3v) is 7.17. The van der Waals surface area contributed by atoms with E-state index in [1.807, 2.05) is 6.92 Å². The van der Waals surface area contributed by atoms with Crippen molar-refractivity contribution in [1.82, 2.24) is 24.8 Å². The van der Waals surface area contributed by atoms with Gasteiger partial charge in [-0.3, -0.25) is 19.5 Å². The van der Waals surface area contributed by atoms with Crippen molar-refractivity contribution in [3.05, 3.63) is 65.5 Å². The average molecular weight is 650 g/mol. The van der Waals surface area contributed by atoms with Gasteiger partial charge < -0.3 is 24.6 Å². The molecule has 1 amide bonds. The maximum atomic E-state index is 13.4. The Balaban J connectivity index is 1.40. The molecule has 0 aliphatic rings. The van der Waals surface area contributed by atoms with E-state index in [0.717, 1.165) is 6.07 Å². The number of nitrogens with one attached hydrogen (secondary N) is 2. The van der Waals surface area contributed by atoms with Crippen LogP contribution in [0.1, 0.15) is 30.6 Å². The molecule has 0 spiro atoms. The summed E-state index contributed by atoms with van der Waals surface area (Å²) >= 11 is 5.75. The highest BCUT2D eigenvalue weighted by Crippen LogP contribution is 2.38. The molecule has 4 N–H and O–H groups in total. The lowest BCUT2D eigenvalue weighted by molar-refractivity contribution is 0.0167. The molecular weight excluding hydrogens is 620 g/mol. The highest BCUT2D eigenvalue weighted by molar-refractivity contribution is 7.46. The number of halogens is 2. The molecule has 4 rings (SSSR count). The second-order valence-corrected chi connectivity index (χ2v) is 10.9. The van der Waals surface area contributed by atoms with Crippen LogP contribution in [-0.2, 0) is 9.09 Å². The first-order chi connectivity index (χ1) is 21.0. The molecule has 2 heterocycles. The molecule has 0 saturated carbocycles. The Hall–Kier alpha value is -3.98. The number of amides is 1. The van der Waals surface area contributed by atoms with Gasteiger partial charge in [0.1, 0.15) is 24.2 Å². The van der Waals surface area contributed by atoms with E-state index < -0.39 is 25.8 Å². The Morgan fingerprint density at radius 3 is 2.55 bits per heavy atom. The smallest absolute Gasteiger partial charge is 0.471 e. The zero-order valence-corrected chi connectivity index (χ0v) is 25.5. The number of fused-ring (bicyclic) bond motifs is 1. The monoisotopic (exact) mass is 649 g/mol. The number of phosphoric ester groups is 1. The number of rotatable bonds is 14. The number of benzene rings is 2. The SMILES string of the molecule is CCN(CCCOc1cc2ncnc(Nc3cnc(NC(=O)c4ccc(F)c(Cl)c4)nc3)c2cc1OC)C(C)OP(=O)(O)O. The number of ether oxygens (including phenoxy) is 2. The van der Waals surface area contributed by atoms with Crippen molar-refractivity contribution in [2.45, 2.75) is 26.5 Å². The van der Waals surface area contributed by atoms with Crippen LogP contribution in [0.2, 0.25) is 5.02 Å². The van der Waals surface area contributed by atoms with Crippen LogP contribution in [0.15, 0.2) is 49.1 Å². The van der Waals surface area contributed by atoms with Crippen molar-refractivity contribution in [3.8, 4) is 11.5 Å². The molecule has 0 aliphatic heterocycles. The zero-order valence-electron chi connectivity index (χ0n) is 23.9. The molecule has 0 aliphatic carbocycles. The molecular formula is C27H30ClFN7O7P. The fourth-order valence-electron chi connectivity index (χ4n) is 4.15. The number of aromatic nitrogens is 4. The first-order valence-corrected chi connectivity index (χ1v) is 15.2. The van der Waals surface area contributed by atoms with Crippen molar-refractivity contribution < 1.29 is 37.5 Å². The van der Waals surface area contributed by atoms with Gasteiger partial charge in [-0.25, -0.2) is 28.9 Å². The Kier molecular flexibility index (Phi) is 11.0. The van der Waals surface area contributed by atoms with Crippen LogP contribution in [0.25, 0.3) is 10.9 Å². The lowest BCUT2D eigenvalue weighted by atomic mass is 10.2. The van der Waals surface area contributed by atoms with Crippen molar-refractivity contribution in [2.24, 2.45) is 0 Å². The molecule has 44 heavy (non-hydrogen) atoms. The summed E-state index contributed by atoms with van der Waals surface area (Å²) in [5, 5.41) is 6.10. The van der Waals surface area contributed by atoms with Gasteiger partial charge in [0.15, 0.2) is 11.5 Å². The van der Waals surface area contributed by atoms with E-state index in [1.54, 1.807) is 24.0 Å². The van der Waals surface area contributed by atoms with Crippen LogP contribution in [0, 0.1) is 5.82 Å². The fraction of sp³-hybridized carbons (Fsp3) is 0.296.